The molecule has 0 amide bonds. The summed E-state index contributed by atoms with van der Waals surface area (Å²) in [7, 11) is 2.02. The summed E-state index contributed by atoms with van der Waals surface area (Å²) < 4.78 is 2.00. The highest BCUT2D eigenvalue weighted by atomic mass is 32.1. The van der Waals surface area contributed by atoms with Crippen molar-refractivity contribution in [3.63, 3.8) is 0 Å². The zero-order valence-corrected chi connectivity index (χ0v) is 16.0. The number of rotatable bonds is 3. The van der Waals surface area contributed by atoms with E-state index in [9.17, 15) is 0 Å². The summed E-state index contributed by atoms with van der Waals surface area (Å²) in [6.45, 7) is 2.15. The van der Waals surface area contributed by atoms with E-state index in [0.717, 1.165) is 41.2 Å². The number of nitrogens with zero attached hydrogens (tertiary/aromatic N) is 4. The molecule has 134 valence electrons. The molecule has 0 bridgehead atoms. The van der Waals surface area contributed by atoms with Crippen molar-refractivity contribution in [3.05, 3.63) is 64.8 Å². The van der Waals surface area contributed by atoms with Crippen molar-refractivity contribution in [2.75, 3.05) is 5.32 Å². The number of anilines is 2. The first-order valence-corrected chi connectivity index (χ1v) is 9.87. The van der Waals surface area contributed by atoms with E-state index in [1.54, 1.807) is 11.3 Å². The van der Waals surface area contributed by atoms with Gasteiger partial charge < -0.3 is 5.32 Å². The van der Waals surface area contributed by atoms with E-state index in [4.69, 9.17) is 10.1 Å². The molecule has 1 aromatic carbocycles. The van der Waals surface area contributed by atoms with Crippen LogP contribution in [0.5, 0.6) is 0 Å². The Balaban J connectivity index is 1.65. The number of aromatic nitrogens is 4. The van der Waals surface area contributed by atoms with E-state index in [2.05, 4.69) is 28.7 Å². The van der Waals surface area contributed by atoms with Crippen molar-refractivity contribution in [3.8, 4) is 21.8 Å². The summed E-state index contributed by atoms with van der Waals surface area (Å²) in [5.74, 6) is 0.616. The molecule has 1 N–H and O–H groups in total. The first kappa shape index (κ1) is 16.2. The summed E-state index contributed by atoms with van der Waals surface area (Å²) in [5.41, 5.74) is 7.87. The third-order valence-corrected chi connectivity index (χ3v) is 5.98. The molecule has 27 heavy (non-hydrogen) atoms. The summed E-state index contributed by atoms with van der Waals surface area (Å²) in [4.78, 5) is 10.7. The quantitative estimate of drug-likeness (QED) is 0.563. The Morgan fingerprint density at radius 2 is 1.96 bits per heavy atom. The molecule has 4 aromatic rings. The van der Waals surface area contributed by atoms with Crippen LogP contribution in [0.3, 0.4) is 0 Å². The van der Waals surface area contributed by atoms with Crippen LogP contribution >= 0.6 is 11.3 Å². The fourth-order valence-electron chi connectivity index (χ4n) is 3.65. The van der Waals surface area contributed by atoms with E-state index < -0.39 is 0 Å². The van der Waals surface area contributed by atoms with Crippen molar-refractivity contribution in [1.82, 2.24) is 19.7 Å². The van der Waals surface area contributed by atoms with Crippen molar-refractivity contribution >= 4 is 23.0 Å². The van der Waals surface area contributed by atoms with Gasteiger partial charge in [0.25, 0.3) is 0 Å². The number of hydrogen-bond donors (Lipinski definition) is 1. The number of aryl methyl sites for hydroxylation is 4. The number of thiophene rings is 1. The highest BCUT2D eigenvalue weighted by Crippen LogP contribution is 2.42. The second-order valence-electron chi connectivity index (χ2n) is 6.79. The number of hydrogen-bond acceptors (Lipinski definition) is 5. The molecule has 3 heterocycles. The van der Waals surface area contributed by atoms with Gasteiger partial charge in [0.2, 0.25) is 5.95 Å². The van der Waals surface area contributed by atoms with Gasteiger partial charge in [-0.15, -0.1) is 11.3 Å². The molecule has 6 heteroatoms. The standard InChI is InChI=1S/C21H19N5S/c1-13-10-11-27-20(13)19-17-16(25-26(19)2)9-8-14-12-22-21(24-18(14)17)23-15-6-4-3-5-7-15/h3-7,10-12H,8-9H2,1-2H3,(H,22,23,24). The largest absolute Gasteiger partial charge is 0.324 e. The molecule has 3 aromatic heterocycles. The fourth-order valence-corrected chi connectivity index (χ4v) is 4.66. The molecule has 0 saturated heterocycles. The number of benzene rings is 1. The average molecular weight is 373 g/mol. The van der Waals surface area contributed by atoms with E-state index >= 15 is 0 Å². The van der Waals surface area contributed by atoms with Crippen LogP contribution in [-0.2, 0) is 19.9 Å². The first-order valence-electron chi connectivity index (χ1n) is 8.99. The summed E-state index contributed by atoms with van der Waals surface area (Å²) >= 11 is 1.76. The van der Waals surface area contributed by atoms with Crippen LogP contribution in [0.2, 0.25) is 0 Å². The van der Waals surface area contributed by atoms with Crippen LogP contribution in [0.4, 0.5) is 11.6 Å². The highest BCUT2D eigenvalue weighted by Gasteiger charge is 2.28. The Bertz CT molecular complexity index is 1130. The Morgan fingerprint density at radius 1 is 1.11 bits per heavy atom. The molecule has 0 fully saturated rings. The van der Waals surface area contributed by atoms with Gasteiger partial charge in [-0.05, 0) is 54.5 Å². The second-order valence-corrected chi connectivity index (χ2v) is 7.70. The van der Waals surface area contributed by atoms with E-state index in [-0.39, 0.29) is 0 Å². The van der Waals surface area contributed by atoms with Gasteiger partial charge in [0.15, 0.2) is 0 Å². The number of para-hydroxylation sites is 1. The molecule has 0 aliphatic heterocycles. The predicted octanol–water partition coefficient (Wildman–Crippen LogP) is 4.76. The van der Waals surface area contributed by atoms with E-state index in [1.165, 1.54) is 16.0 Å². The fraction of sp³-hybridized carbons (Fsp3) is 0.190. The minimum absolute atomic E-state index is 0.616. The van der Waals surface area contributed by atoms with Crippen LogP contribution < -0.4 is 5.32 Å². The second kappa shape index (κ2) is 6.32. The van der Waals surface area contributed by atoms with Gasteiger partial charge in [-0.2, -0.15) is 5.10 Å². The first-order chi connectivity index (χ1) is 13.2. The average Bonchev–Trinajstić information content (AvgIpc) is 3.24. The maximum Gasteiger partial charge on any atom is 0.227 e. The van der Waals surface area contributed by atoms with Gasteiger partial charge in [-0.1, -0.05) is 18.2 Å². The van der Waals surface area contributed by atoms with Crippen molar-refractivity contribution < 1.29 is 0 Å². The van der Waals surface area contributed by atoms with Crippen LogP contribution in [0, 0.1) is 6.92 Å². The summed E-state index contributed by atoms with van der Waals surface area (Å²) in [6.07, 6.45) is 3.80. The van der Waals surface area contributed by atoms with Gasteiger partial charge in [0, 0.05) is 18.9 Å². The molecular formula is C21H19N5S. The van der Waals surface area contributed by atoms with Crippen molar-refractivity contribution in [2.45, 2.75) is 19.8 Å². The van der Waals surface area contributed by atoms with Crippen molar-refractivity contribution in [2.24, 2.45) is 7.05 Å². The van der Waals surface area contributed by atoms with Crippen molar-refractivity contribution in [1.29, 1.82) is 0 Å². The Hall–Kier alpha value is -2.99. The van der Waals surface area contributed by atoms with Crippen LogP contribution in [-0.4, -0.2) is 19.7 Å². The lowest BCUT2D eigenvalue weighted by Crippen LogP contribution is -2.08. The summed E-state index contributed by atoms with van der Waals surface area (Å²) in [6, 6.07) is 12.2. The predicted molar refractivity (Wildman–Crippen MR) is 109 cm³/mol. The molecule has 5 rings (SSSR count). The molecule has 0 unspecified atom stereocenters. The Labute approximate surface area is 161 Å². The lowest BCUT2D eigenvalue weighted by Gasteiger charge is -2.17. The summed E-state index contributed by atoms with van der Waals surface area (Å²) in [5, 5.41) is 10.2. The molecule has 0 atom stereocenters. The highest BCUT2D eigenvalue weighted by molar-refractivity contribution is 7.13. The van der Waals surface area contributed by atoms with E-state index in [0.29, 0.717) is 5.95 Å². The van der Waals surface area contributed by atoms with Crippen LogP contribution in [0.1, 0.15) is 16.8 Å². The topological polar surface area (TPSA) is 55.6 Å². The van der Waals surface area contributed by atoms with Gasteiger partial charge in [-0.25, -0.2) is 9.97 Å². The zero-order chi connectivity index (χ0) is 18.4. The maximum atomic E-state index is 4.89. The lowest BCUT2D eigenvalue weighted by atomic mass is 9.92. The monoisotopic (exact) mass is 373 g/mol. The Morgan fingerprint density at radius 3 is 2.74 bits per heavy atom. The normalized spacial score (nSPS) is 12.5. The SMILES string of the molecule is Cc1ccsc1-c1c2c(nn1C)CCc1cnc(Nc3ccccc3)nc1-2. The molecule has 0 spiro atoms. The smallest absolute Gasteiger partial charge is 0.227 e. The minimum Gasteiger partial charge on any atom is -0.324 e. The van der Waals surface area contributed by atoms with Gasteiger partial charge in [-0.3, -0.25) is 4.68 Å². The van der Waals surface area contributed by atoms with Crippen LogP contribution in [0.15, 0.2) is 48.0 Å². The molecular weight excluding hydrogens is 354 g/mol. The zero-order valence-electron chi connectivity index (χ0n) is 15.2. The maximum absolute atomic E-state index is 4.89. The van der Waals surface area contributed by atoms with Gasteiger partial charge in [0.1, 0.15) is 0 Å². The lowest BCUT2D eigenvalue weighted by molar-refractivity contribution is 0.742. The molecule has 0 radical (unpaired) electrons. The minimum atomic E-state index is 0.616. The molecule has 1 aliphatic rings. The van der Waals surface area contributed by atoms with Gasteiger partial charge >= 0.3 is 0 Å². The molecule has 5 nitrogen and oxygen atoms in total. The third kappa shape index (κ3) is 2.73. The van der Waals surface area contributed by atoms with Crippen LogP contribution in [0.25, 0.3) is 21.8 Å². The van der Waals surface area contributed by atoms with E-state index in [1.807, 2.05) is 48.3 Å². The number of nitrogens with one attached hydrogen (secondary N) is 1. The number of fused-ring (bicyclic) bond motifs is 3. The molecule has 1 aliphatic carbocycles. The Kier molecular flexibility index (Phi) is 3.79. The molecule has 0 saturated carbocycles. The van der Waals surface area contributed by atoms with Gasteiger partial charge in [0.05, 0.1) is 27.5 Å². The third-order valence-electron chi connectivity index (χ3n) is 4.96.